The Balaban J connectivity index is 2.07. The first-order valence-corrected chi connectivity index (χ1v) is 9.34. The molecule has 2 N–H and O–H groups in total. The molecular formula is C18H20FNO5S. The number of ether oxygens (including phenoxy) is 1. The van der Waals surface area contributed by atoms with Crippen molar-refractivity contribution >= 4 is 16.0 Å². The van der Waals surface area contributed by atoms with Crippen LogP contribution in [0.4, 0.5) is 4.39 Å². The molecule has 140 valence electrons. The second-order valence-electron chi connectivity index (χ2n) is 5.85. The van der Waals surface area contributed by atoms with E-state index in [1.54, 1.807) is 0 Å². The smallest absolute Gasteiger partial charge is 0.335 e. The fraction of sp³-hybridized carbons (Fsp3) is 0.278. The van der Waals surface area contributed by atoms with Crippen LogP contribution in [0.5, 0.6) is 5.75 Å². The highest BCUT2D eigenvalue weighted by Crippen LogP contribution is 2.25. The van der Waals surface area contributed by atoms with Crippen molar-refractivity contribution in [1.29, 1.82) is 0 Å². The summed E-state index contributed by atoms with van der Waals surface area (Å²) in [5.41, 5.74) is 2.64. The SMILES string of the molecule is Cc1ccc(C)c(OCCNS(=O)(=O)c2cc(C(=O)O)ccc2F)c1C. The van der Waals surface area contributed by atoms with Gasteiger partial charge in [0.1, 0.15) is 23.1 Å². The summed E-state index contributed by atoms with van der Waals surface area (Å²) in [5, 5.41) is 8.92. The van der Waals surface area contributed by atoms with Gasteiger partial charge < -0.3 is 9.84 Å². The van der Waals surface area contributed by atoms with Crippen molar-refractivity contribution in [2.75, 3.05) is 13.2 Å². The summed E-state index contributed by atoms with van der Waals surface area (Å²) in [6.07, 6.45) is 0. The molecule has 0 atom stereocenters. The number of hydrogen-bond donors (Lipinski definition) is 2. The zero-order chi connectivity index (χ0) is 19.5. The van der Waals surface area contributed by atoms with Gasteiger partial charge in [-0.05, 0) is 55.7 Å². The van der Waals surface area contributed by atoms with E-state index < -0.39 is 26.7 Å². The van der Waals surface area contributed by atoms with Crippen LogP contribution in [0, 0.1) is 26.6 Å². The Labute approximate surface area is 151 Å². The maximum Gasteiger partial charge on any atom is 0.335 e. The van der Waals surface area contributed by atoms with Gasteiger partial charge in [-0.1, -0.05) is 12.1 Å². The lowest BCUT2D eigenvalue weighted by molar-refractivity contribution is 0.0696. The van der Waals surface area contributed by atoms with Gasteiger partial charge in [-0.3, -0.25) is 0 Å². The molecule has 0 bridgehead atoms. The average molecular weight is 381 g/mol. The number of hydrogen-bond acceptors (Lipinski definition) is 4. The molecule has 0 unspecified atom stereocenters. The van der Waals surface area contributed by atoms with Gasteiger partial charge in [-0.15, -0.1) is 0 Å². The van der Waals surface area contributed by atoms with Crippen LogP contribution in [-0.4, -0.2) is 32.6 Å². The lowest BCUT2D eigenvalue weighted by Crippen LogP contribution is -2.29. The third-order valence-electron chi connectivity index (χ3n) is 3.98. The van der Waals surface area contributed by atoms with E-state index in [9.17, 15) is 17.6 Å². The summed E-state index contributed by atoms with van der Waals surface area (Å²) < 4.78 is 46.1. The third kappa shape index (κ3) is 4.39. The number of carboxylic acids is 1. The molecular weight excluding hydrogens is 361 g/mol. The fourth-order valence-corrected chi connectivity index (χ4v) is 3.51. The Morgan fingerprint density at radius 1 is 1.15 bits per heavy atom. The van der Waals surface area contributed by atoms with Gasteiger partial charge in [-0.25, -0.2) is 22.3 Å². The topological polar surface area (TPSA) is 92.7 Å². The van der Waals surface area contributed by atoms with Gasteiger partial charge >= 0.3 is 5.97 Å². The predicted molar refractivity (Wildman–Crippen MR) is 94.7 cm³/mol. The fourth-order valence-electron chi connectivity index (χ4n) is 2.40. The Hall–Kier alpha value is -2.45. The summed E-state index contributed by atoms with van der Waals surface area (Å²) in [6, 6.07) is 6.49. The molecule has 0 radical (unpaired) electrons. The van der Waals surface area contributed by atoms with E-state index in [0.717, 1.165) is 34.9 Å². The molecule has 2 aromatic rings. The van der Waals surface area contributed by atoms with Crippen LogP contribution in [0.25, 0.3) is 0 Å². The molecule has 0 amide bonds. The third-order valence-corrected chi connectivity index (χ3v) is 5.46. The largest absolute Gasteiger partial charge is 0.492 e. The number of carbonyl (C=O) groups is 1. The van der Waals surface area contributed by atoms with Gasteiger partial charge in [0.25, 0.3) is 0 Å². The van der Waals surface area contributed by atoms with Crippen LogP contribution in [0.2, 0.25) is 0 Å². The van der Waals surface area contributed by atoms with Crippen molar-refractivity contribution in [2.45, 2.75) is 25.7 Å². The number of aryl methyl sites for hydroxylation is 2. The molecule has 0 saturated carbocycles. The minimum absolute atomic E-state index is 0.0462. The summed E-state index contributed by atoms with van der Waals surface area (Å²) in [4.78, 5) is 10.2. The van der Waals surface area contributed by atoms with E-state index in [4.69, 9.17) is 9.84 Å². The van der Waals surface area contributed by atoms with Crippen molar-refractivity contribution in [3.8, 4) is 5.75 Å². The average Bonchev–Trinajstić information content (AvgIpc) is 2.57. The number of benzene rings is 2. The zero-order valence-electron chi connectivity index (χ0n) is 14.7. The van der Waals surface area contributed by atoms with Crippen LogP contribution in [0.1, 0.15) is 27.0 Å². The summed E-state index contributed by atoms with van der Waals surface area (Å²) >= 11 is 0. The van der Waals surface area contributed by atoms with Crippen molar-refractivity contribution in [2.24, 2.45) is 0 Å². The molecule has 0 spiro atoms. The van der Waals surface area contributed by atoms with E-state index >= 15 is 0 Å². The van der Waals surface area contributed by atoms with E-state index in [0.29, 0.717) is 5.75 Å². The van der Waals surface area contributed by atoms with Gasteiger partial charge in [0.2, 0.25) is 10.0 Å². The molecule has 0 aliphatic carbocycles. The monoisotopic (exact) mass is 381 g/mol. The van der Waals surface area contributed by atoms with Crippen molar-refractivity contribution < 1.29 is 27.4 Å². The normalized spacial score (nSPS) is 11.4. The highest BCUT2D eigenvalue weighted by atomic mass is 32.2. The first kappa shape index (κ1) is 19.9. The van der Waals surface area contributed by atoms with Crippen LogP contribution >= 0.6 is 0 Å². The van der Waals surface area contributed by atoms with Gasteiger partial charge in [-0.2, -0.15) is 0 Å². The lowest BCUT2D eigenvalue weighted by Gasteiger charge is -2.14. The van der Waals surface area contributed by atoms with Crippen LogP contribution in [0.15, 0.2) is 35.2 Å². The number of carboxylic acid groups (broad SMARTS) is 1. The Morgan fingerprint density at radius 3 is 2.46 bits per heavy atom. The number of sulfonamides is 1. The highest BCUT2D eigenvalue weighted by Gasteiger charge is 2.21. The van der Waals surface area contributed by atoms with Gasteiger partial charge in [0.05, 0.1) is 5.56 Å². The summed E-state index contributed by atoms with van der Waals surface area (Å²) in [7, 11) is -4.20. The highest BCUT2D eigenvalue weighted by molar-refractivity contribution is 7.89. The van der Waals surface area contributed by atoms with Gasteiger partial charge in [0, 0.05) is 6.54 Å². The van der Waals surface area contributed by atoms with Crippen molar-refractivity contribution in [3.63, 3.8) is 0 Å². The maximum absolute atomic E-state index is 13.8. The first-order chi connectivity index (χ1) is 12.1. The predicted octanol–water partition coefficient (Wildman–Crippen LogP) is 2.81. The number of nitrogens with one attached hydrogen (secondary N) is 1. The standard InChI is InChI=1S/C18H20FNO5S/c1-11-4-5-12(2)17(13(11)3)25-9-8-20-26(23,24)16-10-14(18(21)22)6-7-15(16)19/h4-7,10,20H,8-9H2,1-3H3,(H,21,22). The minimum Gasteiger partial charge on any atom is -0.492 e. The molecule has 0 heterocycles. The molecule has 0 aliphatic heterocycles. The number of aromatic carboxylic acids is 1. The second kappa shape index (κ2) is 7.84. The number of rotatable bonds is 7. The van der Waals surface area contributed by atoms with Crippen LogP contribution in [0.3, 0.4) is 0 Å². The Morgan fingerprint density at radius 2 is 1.81 bits per heavy atom. The molecule has 2 aromatic carbocycles. The van der Waals surface area contributed by atoms with Crippen molar-refractivity contribution in [1.82, 2.24) is 4.72 Å². The summed E-state index contributed by atoms with van der Waals surface area (Å²) in [6.45, 7) is 5.70. The molecule has 0 aliphatic rings. The van der Waals surface area contributed by atoms with Gasteiger partial charge in [0.15, 0.2) is 0 Å². The molecule has 0 fully saturated rings. The molecule has 0 saturated heterocycles. The quantitative estimate of drug-likeness (QED) is 0.720. The molecule has 6 nitrogen and oxygen atoms in total. The lowest BCUT2D eigenvalue weighted by atomic mass is 10.1. The second-order valence-corrected chi connectivity index (χ2v) is 7.59. The molecule has 26 heavy (non-hydrogen) atoms. The van der Waals surface area contributed by atoms with E-state index in [2.05, 4.69) is 4.72 Å². The van der Waals surface area contributed by atoms with Crippen LogP contribution < -0.4 is 9.46 Å². The number of halogens is 1. The minimum atomic E-state index is -4.20. The van der Waals surface area contributed by atoms with E-state index in [-0.39, 0.29) is 18.7 Å². The Kier molecular flexibility index (Phi) is 5.99. The van der Waals surface area contributed by atoms with E-state index in [1.165, 1.54) is 0 Å². The summed E-state index contributed by atoms with van der Waals surface area (Å²) in [5.74, 6) is -1.67. The first-order valence-electron chi connectivity index (χ1n) is 7.85. The van der Waals surface area contributed by atoms with Crippen molar-refractivity contribution in [3.05, 3.63) is 58.4 Å². The molecule has 2 rings (SSSR count). The zero-order valence-corrected chi connectivity index (χ0v) is 15.5. The van der Waals surface area contributed by atoms with Crippen LogP contribution in [-0.2, 0) is 10.0 Å². The Bertz CT molecular complexity index is 941. The molecule has 8 heteroatoms. The van der Waals surface area contributed by atoms with E-state index in [1.807, 2.05) is 32.9 Å². The maximum atomic E-state index is 13.8. The molecule has 0 aromatic heterocycles.